The second kappa shape index (κ2) is 4.56. The quantitative estimate of drug-likeness (QED) is 0.567. The highest BCUT2D eigenvalue weighted by atomic mass is 28.3. The normalized spacial score (nSPS) is 10.8. The largest absolute Gasteiger partial charge is 0.305 e. The molecule has 0 spiro atoms. The molecule has 0 saturated carbocycles. The van der Waals surface area contributed by atoms with Crippen LogP contribution in [0.25, 0.3) is 5.69 Å². The van der Waals surface area contributed by atoms with Crippen molar-refractivity contribution in [1.82, 2.24) is 14.5 Å². The molecule has 2 aromatic heterocycles. The van der Waals surface area contributed by atoms with Crippen LogP contribution >= 0.6 is 0 Å². The average molecular weight is 241 g/mol. The third-order valence-electron chi connectivity index (χ3n) is 2.11. The van der Waals surface area contributed by atoms with Gasteiger partial charge < -0.3 is 4.57 Å². The maximum absolute atomic E-state index is 4.21. The number of rotatable bonds is 1. The topological polar surface area (TPSA) is 30.7 Å². The summed E-state index contributed by atoms with van der Waals surface area (Å²) < 4.78 is 1.92. The van der Waals surface area contributed by atoms with Crippen LogP contribution in [0.15, 0.2) is 37.2 Å². The van der Waals surface area contributed by atoms with Crippen LogP contribution in [0.3, 0.4) is 0 Å². The van der Waals surface area contributed by atoms with Gasteiger partial charge in [-0.05, 0) is 6.07 Å². The smallest absolute Gasteiger partial charge is 0.129 e. The van der Waals surface area contributed by atoms with Crippen LogP contribution in [0.5, 0.6) is 0 Å². The van der Waals surface area contributed by atoms with Crippen molar-refractivity contribution in [3.63, 3.8) is 0 Å². The summed E-state index contributed by atoms with van der Waals surface area (Å²) in [7, 11) is -1.33. The molecule has 0 aliphatic carbocycles. The number of imidazole rings is 1. The van der Waals surface area contributed by atoms with Crippen LogP contribution in [0.2, 0.25) is 19.6 Å². The molecule has 2 heterocycles. The summed E-state index contributed by atoms with van der Waals surface area (Å²) in [5.41, 5.74) is 5.28. The van der Waals surface area contributed by atoms with Gasteiger partial charge in [0.1, 0.15) is 8.07 Å². The van der Waals surface area contributed by atoms with Crippen LogP contribution in [-0.4, -0.2) is 22.6 Å². The maximum atomic E-state index is 4.21. The molecular weight excluding hydrogens is 226 g/mol. The lowest BCUT2D eigenvalue weighted by Gasteiger charge is -2.04. The van der Waals surface area contributed by atoms with Crippen molar-refractivity contribution >= 4 is 8.07 Å². The second-order valence-corrected chi connectivity index (χ2v) is 9.65. The molecule has 2 rings (SSSR count). The van der Waals surface area contributed by atoms with E-state index < -0.39 is 8.07 Å². The highest BCUT2D eigenvalue weighted by Crippen LogP contribution is 2.07. The molecule has 17 heavy (non-hydrogen) atoms. The fourth-order valence-corrected chi connectivity index (χ4v) is 1.83. The standard InChI is InChI=1S/C13H15N3Si/c1-17(2,3)7-4-12-8-13(10-15-9-12)16-6-5-14-11-16/h5-6,8-11H,1-3H3. The zero-order valence-electron chi connectivity index (χ0n) is 10.3. The van der Waals surface area contributed by atoms with Gasteiger partial charge in [-0.15, -0.1) is 5.54 Å². The van der Waals surface area contributed by atoms with Crippen LogP contribution in [-0.2, 0) is 0 Å². The van der Waals surface area contributed by atoms with E-state index in [1.54, 1.807) is 24.9 Å². The van der Waals surface area contributed by atoms with Gasteiger partial charge in [-0.25, -0.2) is 4.98 Å². The van der Waals surface area contributed by atoms with Crippen molar-refractivity contribution in [3.05, 3.63) is 42.7 Å². The molecule has 0 N–H and O–H groups in total. The molecule has 2 aromatic rings. The number of nitrogens with zero attached hydrogens (tertiary/aromatic N) is 3. The molecule has 0 bridgehead atoms. The summed E-state index contributed by atoms with van der Waals surface area (Å²) >= 11 is 0. The second-order valence-electron chi connectivity index (χ2n) is 4.90. The lowest BCUT2D eigenvalue weighted by atomic mass is 10.3. The molecule has 0 unspecified atom stereocenters. The fraction of sp³-hybridized carbons (Fsp3) is 0.231. The van der Waals surface area contributed by atoms with E-state index in [-0.39, 0.29) is 0 Å². The van der Waals surface area contributed by atoms with Gasteiger partial charge in [-0.1, -0.05) is 25.6 Å². The zero-order valence-corrected chi connectivity index (χ0v) is 11.3. The Labute approximate surface area is 103 Å². The van der Waals surface area contributed by atoms with E-state index in [2.05, 4.69) is 41.1 Å². The molecule has 86 valence electrons. The van der Waals surface area contributed by atoms with Crippen molar-refractivity contribution in [2.45, 2.75) is 19.6 Å². The number of pyridine rings is 1. The van der Waals surface area contributed by atoms with Crippen LogP contribution < -0.4 is 0 Å². The van der Waals surface area contributed by atoms with Crippen molar-refractivity contribution in [1.29, 1.82) is 0 Å². The summed E-state index contributed by atoms with van der Waals surface area (Å²) in [4.78, 5) is 8.23. The Morgan fingerprint density at radius 2 is 2.00 bits per heavy atom. The highest BCUT2D eigenvalue weighted by molar-refractivity contribution is 6.83. The van der Waals surface area contributed by atoms with E-state index in [1.807, 2.05) is 16.8 Å². The molecule has 0 saturated heterocycles. The Balaban J connectivity index is 2.32. The van der Waals surface area contributed by atoms with Gasteiger partial charge in [0.25, 0.3) is 0 Å². The average Bonchev–Trinajstić information content (AvgIpc) is 2.79. The minimum atomic E-state index is -1.33. The molecule has 0 radical (unpaired) electrons. The Morgan fingerprint density at radius 1 is 1.18 bits per heavy atom. The minimum absolute atomic E-state index is 0.957. The number of hydrogen-bond acceptors (Lipinski definition) is 2. The van der Waals surface area contributed by atoms with Gasteiger partial charge in [-0.2, -0.15) is 0 Å². The van der Waals surface area contributed by atoms with Crippen molar-refractivity contribution in [3.8, 4) is 17.2 Å². The van der Waals surface area contributed by atoms with Gasteiger partial charge >= 0.3 is 0 Å². The first kappa shape index (κ1) is 11.6. The zero-order chi connectivity index (χ0) is 12.3. The number of hydrogen-bond donors (Lipinski definition) is 0. The monoisotopic (exact) mass is 241 g/mol. The van der Waals surface area contributed by atoms with E-state index >= 15 is 0 Å². The van der Waals surface area contributed by atoms with Crippen molar-refractivity contribution in [2.24, 2.45) is 0 Å². The highest BCUT2D eigenvalue weighted by Gasteiger charge is 2.07. The Bertz CT molecular complexity index is 556. The third kappa shape index (κ3) is 3.30. The lowest BCUT2D eigenvalue weighted by molar-refractivity contribution is 1.04. The first-order valence-electron chi connectivity index (χ1n) is 5.51. The lowest BCUT2D eigenvalue weighted by Crippen LogP contribution is -2.16. The van der Waals surface area contributed by atoms with E-state index in [9.17, 15) is 0 Å². The van der Waals surface area contributed by atoms with Crippen molar-refractivity contribution < 1.29 is 0 Å². The minimum Gasteiger partial charge on any atom is -0.305 e. The molecule has 0 fully saturated rings. The summed E-state index contributed by atoms with van der Waals surface area (Å²) in [6.45, 7) is 6.69. The molecular formula is C13H15N3Si. The molecule has 0 aliphatic rings. The first-order chi connectivity index (χ1) is 8.04. The molecule has 0 atom stereocenters. The molecule has 4 heteroatoms. The van der Waals surface area contributed by atoms with Gasteiger partial charge in [-0.3, -0.25) is 4.98 Å². The van der Waals surface area contributed by atoms with E-state index in [0.29, 0.717) is 0 Å². The van der Waals surface area contributed by atoms with Gasteiger partial charge in [0.2, 0.25) is 0 Å². The van der Waals surface area contributed by atoms with Gasteiger partial charge in [0, 0.05) is 24.2 Å². The predicted octanol–water partition coefficient (Wildman–Crippen LogP) is 2.50. The van der Waals surface area contributed by atoms with Crippen molar-refractivity contribution in [2.75, 3.05) is 0 Å². The Morgan fingerprint density at radius 3 is 2.65 bits per heavy atom. The Kier molecular flexibility index (Phi) is 3.11. The van der Waals surface area contributed by atoms with Crippen LogP contribution in [0, 0.1) is 11.5 Å². The van der Waals surface area contributed by atoms with E-state index in [0.717, 1.165) is 11.3 Å². The predicted molar refractivity (Wildman–Crippen MR) is 71.6 cm³/mol. The Hall–Kier alpha value is -1.86. The third-order valence-corrected chi connectivity index (χ3v) is 2.98. The van der Waals surface area contributed by atoms with Gasteiger partial charge in [0.15, 0.2) is 0 Å². The van der Waals surface area contributed by atoms with E-state index in [1.165, 1.54) is 0 Å². The van der Waals surface area contributed by atoms with Gasteiger partial charge in [0.05, 0.1) is 18.2 Å². The summed E-state index contributed by atoms with van der Waals surface area (Å²) in [5.74, 6) is 3.20. The first-order valence-corrected chi connectivity index (χ1v) is 9.01. The summed E-state index contributed by atoms with van der Waals surface area (Å²) in [6, 6.07) is 2.03. The molecule has 0 amide bonds. The van der Waals surface area contributed by atoms with E-state index in [4.69, 9.17) is 0 Å². The molecule has 3 nitrogen and oxygen atoms in total. The summed E-state index contributed by atoms with van der Waals surface area (Å²) in [6.07, 6.45) is 9.01. The fourth-order valence-electron chi connectivity index (χ4n) is 1.31. The molecule has 0 aromatic carbocycles. The SMILES string of the molecule is C[Si](C)(C)C#Cc1cncc(-n2ccnc2)c1. The molecule has 0 aliphatic heterocycles. The number of aromatic nitrogens is 3. The summed E-state index contributed by atoms with van der Waals surface area (Å²) in [5, 5.41) is 0. The maximum Gasteiger partial charge on any atom is 0.129 e. The van der Waals surface area contributed by atoms with Crippen LogP contribution in [0.1, 0.15) is 5.56 Å². The van der Waals surface area contributed by atoms with Crippen LogP contribution in [0.4, 0.5) is 0 Å².